The molecule has 112 valence electrons. The van der Waals surface area contributed by atoms with Gasteiger partial charge in [-0.15, -0.1) is 0 Å². The number of carbonyl (C=O) groups is 1. The molecule has 4 aliphatic rings. The van der Waals surface area contributed by atoms with Crippen molar-refractivity contribution in [2.45, 2.75) is 82.3 Å². The van der Waals surface area contributed by atoms with Crippen LogP contribution in [0.15, 0.2) is 0 Å². The van der Waals surface area contributed by atoms with Crippen LogP contribution >= 0.6 is 0 Å². The van der Waals surface area contributed by atoms with E-state index in [1.807, 2.05) is 0 Å². The van der Waals surface area contributed by atoms with Gasteiger partial charge in [-0.1, -0.05) is 32.1 Å². The van der Waals surface area contributed by atoms with E-state index in [-0.39, 0.29) is 0 Å². The Kier molecular flexibility index (Phi) is 3.49. The van der Waals surface area contributed by atoms with E-state index in [4.69, 9.17) is 0 Å². The highest BCUT2D eigenvalue weighted by molar-refractivity contribution is 5.81. The van der Waals surface area contributed by atoms with Gasteiger partial charge in [0.25, 0.3) is 0 Å². The van der Waals surface area contributed by atoms with Gasteiger partial charge in [-0.25, -0.2) is 0 Å². The Bertz CT molecular complexity index is 365. The second-order valence-electron chi connectivity index (χ2n) is 7.72. The highest BCUT2D eigenvalue weighted by Crippen LogP contribution is 2.49. The summed E-state index contributed by atoms with van der Waals surface area (Å²) < 4.78 is 0. The first-order valence-corrected chi connectivity index (χ1v) is 8.86. The Balaban J connectivity index is 1.27. The van der Waals surface area contributed by atoms with Crippen molar-refractivity contribution in [1.82, 2.24) is 10.6 Å². The van der Waals surface area contributed by atoms with E-state index in [1.54, 1.807) is 0 Å². The molecule has 4 fully saturated rings. The molecule has 2 heterocycles. The molecule has 0 spiro atoms. The first-order valence-electron chi connectivity index (χ1n) is 8.86. The van der Waals surface area contributed by atoms with Crippen LogP contribution in [0.1, 0.15) is 64.2 Å². The number of nitrogens with one attached hydrogen (secondary N) is 2. The van der Waals surface area contributed by atoms with Crippen LogP contribution < -0.4 is 10.6 Å². The van der Waals surface area contributed by atoms with Crippen molar-refractivity contribution in [2.75, 3.05) is 0 Å². The zero-order valence-corrected chi connectivity index (χ0v) is 12.4. The Morgan fingerprint density at radius 2 is 1.60 bits per heavy atom. The van der Waals surface area contributed by atoms with Crippen LogP contribution in [0.5, 0.6) is 0 Å². The molecule has 3 nitrogen and oxygen atoms in total. The van der Waals surface area contributed by atoms with Crippen LogP contribution in [0.3, 0.4) is 0 Å². The molecule has 0 aromatic rings. The van der Waals surface area contributed by atoms with Crippen LogP contribution in [0.2, 0.25) is 0 Å². The number of hydrogen-bond acceptors (Lipinski definition) is 2. The number of piperidine rings is 1. The molecule has 0 aromatic heterocycles. The smallest absolute Gasteiger partial charge is 0.223 e. The summed E-state index contributed by atoms with van der Waals surface area (Å²) in [5, 5.41) is 7.02. The summed E-state index contributed by atoms with van der Waals surface area (Å²) >= 11 is 0. The minimum absolute atomic E-state index is 0.366. The van der Waals surface area contributed by atoms with Crippen LogP contribution in [-0.2, 0) is 4.79 Å². The van der Waals surface area contributed by atoms with Crippen LogP contribution in [-0.4, -0.2) is 24.0 Å². The third-order valence-electron chi connectivity index (χ3n) is 6.25. The number of fused-ring (bicyclic) bond motifs is 2. The summed E-state index contributed by atoms with van der Waals surface area (Å²) in [7, 11) is 0. The Hall–Kier alpha value is -0.570. The van der Waals surface area contributed by atoms with Crippen molar-refractivity contribution in [2.24, 2.45) is 17.8 Å². The predicted molar refractivity (Wildman–Crippen MR) is 79.3 cm³/mol. The third-order valence-corrected chi connectivity index (χ3v) is 6.25. The molecule has 2 saturated carbocycles. The average molecular weight is 276 g/mol. The second-order valence-corrected chi connectivity index (χ2v) is 7.72. The average Bonchev–Trinajstić information content (AvgIpc) is 3.20. The monoisotopic (exact) mass is 276 g/mol. The molecule has 2 aliphatic carbocycles. The molecule has 2 aliphatic heterocycles. The van der Waals surface area contributed by atoms with Crippen molar-refractivity contribution < 1.29 is 4.79 Å². The molecule has 4 rings (SSSR count). The van der Waals surface area contributed by atoms with E-state index < -0.39 is 0 Å². The minimum atomic E-state index is 0.366. The molecule has 2 N–H and O–H groups in total. The predicted octanol–water partition coefficient (Wildman–Crippen LogP) is 2.60. The van der Waals surface area contributed by atoms with Crippen LogP contribution in [0, 0.1) is 17.8 Å². The summed E-state index contributed by atoms with van der Waals surface area (Å²) in [5.74, 6) is 2.34. The molecule has 2 bridgehead atoms. The third kappa shape index (κ3) is 2.61. The van der Waals surface area contributed by atoms with E-state index >= 15 is 0 Å². The zero-order chi connectivity index (χ0) is 13.5. The standard InChI is InChI=1S/C17H28N2O/c20-17(16-10-15(16)11-4-2-1-3-5-11)19-14-8-12-6-7-13(9-14)18-12/h11-16,18H,1-10H2,(H,19,20). The molecule has 0 radical (unpaired) electrons. The Morgan fingerprint density at radius 3 is 2.30 bits per heavy atom. The maximum Gasteiger partial charge on any atom is 0.223 e. The zero-order valence-electron chi connectivity index (χ0n) is 12.4. The van der Waals surface area contributed by atoms with Crippen molar-refractivity contribution >= 4 is 5.91 Å². The molecule has 4 atom stereocenters. The number of carbonyl (C=O) groups excluding carboxylic acids is 1. The lowest BCUT2D eigenvalue weighted by molar-refractivity contribution is -0.123. The first-order chi connectivity index (χ1) is 9.79. The van der Waals surface area contributed by atoms with Crippen molar-refractivity contribution in [3.63, 3.8) is 0 Å². The fourth-order valence-electron chi connectivity index (χ4n) is 5.08. The highest BCUT2D eigenvalue weighted by Gasteiger charge is 2.48. The lowest BCUT2D eigenvalue weighted by atomic mass is 9.85. The maximum atomic E-state index is 12.4. The number of rotatable bonds is 3. The molecule has 1 amide bonds. The van der Waals surface area contributed by atoms with Crippen molar-refractivity contribution in [1.29, 1.82) is 0 Å². The van der Waals surface area contributed by atoms with Gasteiger partial charge in [0.05, 0.1) is 0 Å². The summed E-state index contributed by atoms with van der Waals surface area (Å²) in [4.78, 5) is 12.4. The molecule has 2 saturated heterocycles. The van der Waals surface area contributed by atoms with Gasteiger partial charge in [-0.2, -0.15) is 0 Å². The SMILES string of the molecule is O=C(NC1CC2CCC(C1)N2)C1CC1C1CCCCC1. The fourth-order valence-corrected chi connectivity index (χ4v) is 5.08. The van der Waals surface area contributed by atoms with Gasteiger partial charge >= 0.3 is 0 Å². The van der Waals surface area contributed by atoms with E-state index in [0.29, 0.717) is 30.0 Å². The van der Waals surface area contributed by atoms with E-state index in [1.165, 1.54) is 51.4 Å². The Morgan fingerprint density at radius 1 is 0.900 bits per heavy atom. The summed E-state index contributed by atoms with van der Waals surface area (Å²) in [6.45, 7) is 0. The largest absolute Gasteiger partial charge is 0.353 e. The van der Waals surface area contributed by atoms with Gasteiger partial charge in [0.15, 0.2) is 0 Å². The lowest BCUT2D eigenvalue weighted by Crippen LogP contribution is -2.48. The topological polar surface area (TPSA) is 41.1 Å². The number of amides is 1. The van der Waals surface area contributed by atoms with Gasteiger partial charge in [-0.05, 0) is 43.9 Å². The normalized spacial score (nSPS) is 44.3. The Labute approximate surface area is 122 Å². The van der Waals surface area contributed by atoms with Gasteiger partial charge < -0.3 is 10.6 Å². The van der Waals surface area contributed by atoms with Gasteiger partial charge in [0, 0.05) is 24.0 Å². The maximum absolute atomic E-state index is 12.4. The first kappa shape index (κ1) is 13.1. The molecule has 0 aromatic carbocycles. The second kappa shape index (κ2) is 5.32. The summed E-state index contributed by atoms with van der Waals surface area (Å²) in [5.41, 5.74) is 0. The minimum Gasteiger partial charge on any atom is -0.353 e. The summed E-state index contributed by atoms with van der Waals surface area (Å²) in [6.07, 6.45) is 13.1. The van der Waals surface area contributed by atoms with Crippen molar-refractivity contribution in [3.8, 4) is 0 Å². The molecule has 4 unspecified atom stereocenters. The van der Waals surface area contributed by atoms with Gasteiger partial charge in [0.2, 0.25) is 5.91 Å². The van der Waals surface area contributed by atoms with E-state index in [9.17, 15) is 4.79 Å². The molecule has 20 heavy (non-hydrogen) atoms. The number of hydrogen-bond donors (Lipinski definition) is 2. The lowest BCUT2D eigenvalue weighted by Gasteiger charge is -2.30. The van der Waals surface area contributed by atoms with E-state index in [2.05, 4.69) is 10.6 Å². The van der Waals surface area contributed by atoms with E-state index in [0.717, 1.165) is 24.7 Å². The van der Waals surface area contributed by atoms with Crippen LogP contribution in [0.25, 0.3) is 0 Å². The van der Waals surface area contributed by atoms with Gasteiger partial charge in [-0.3, -0.25) is 4.79 Å². The molecule has 3 heteroatoms. The quantitative estimate of drug-likeness (QED) is 0.832. The molecular formula is C17H28N2O. The highest BCUT2D eigenvalue weighted by atomic mass is 16.2. The molecular weight excluding hydrogens is 248 g/mol. The fraction of sp³-hybridized carbons (Fsp3) is 0.941. The van der Waals surface area contributed by atoms with Crippen LogP contribution in [0.4, 0.5) is 0 Å². The van der Waals surface area contributed by atoms with Gasteiger partial charge in [0.1, 0.15) is 0 Å². The summed E-state index contributed by atoms with van der Waals surface area (Å²) in [6, 6.07) is 1.80. The van der Waals surface area contributed by atoms with Crippen molar-refractivity contribution in [3.05, 3.63) is 0 Å².